The third kappa shape index (κ3) is 3.97. The first-order valence-corrected chi connectivity index (χ1v) is 6.78. The average Bonchev–Trinajstić information content (AvgIpc) is 2.59. The van der Waals surface area contributed by atoms with Gasteiger partial charge < -0.3 is 14.8 Å². The average molecular weight is 316 g/mol. The van der Waals surface area contributed by atoms with E-state index in [0.29, 0.717) is 23.5 Å². The molecule has 0 aromatic heterocycles. The summed E-state index contributed by atoms with van der Waals surface area (Å²) in [4.78, 5) is 21.9. The Hall–Kier alpha value is -3.09. The van der Waals surface area contributed by atoms with Crippen LogP contribution in [-0.4, -0.2) is 25.1 Å². The van der Waals surface area contributed by atoms with Gasteiger partial charge in [0.15, 0.2) is 0 Å². The number of nitrogens with zero attached hydrogens (tertiary/aromatic N) is 1. The van der Waals surface area contributed by atoms with Crippen LogP contribution in [0.25, 0.3) is 0 Å². The van der Waals surface area contributed by atoms with Crippen molar-refractivity contribution in [3.63, 3.8) is 0 Å². The van der Waals surface area contributed by atoms with Crippen LogP contribution in [0.4, 0.5) is 11.4 Å². The van der Waals surface area contributed by atoms with Crippen LogP contribution in [0.5, 0.6) is 5.75 Å². The zero-order valence-corrected chi connectivity index (χ0v) is 12.7. The lowest BCUT2D eigenvalue weighted by atomic mass is 10.1. The molecular formula is C16H16N2O5. The summed E-state index contributed by atoms with van der Waals surface area (Å²) < 4.78 is 9.87. The Kier molecular flexibility index (Phi) is 5.14. The van der Waals surface area contributed by atoms with Gasteiger partial charge >= 0.3 is 5.97 Å². The molecule has 0 saturated heterocycles. The van der Waals surface area contributed by atoms with Gasteiger partial charge in [0.1, 0.15) is 5.75 Å². The summed E-state index contributed by atoms with van der Waals surface area (Å²) in [6, 6.07) is 11.2. The van der Waals surface area contributed by atoms with Gasteiger partial charge in [0.05, 0.1) is 30.4 Å². The second kappa shape index (κ2) is 7.26. The molecule has 1 N–H and O–H groups in total. The Morgan fingerprint density at radius 3 is 2.65 bits per heavy atom. The van der Waals surface area contributed by atoms with Gasteiger partial charge in [-0.2, -0.15) is 0 Å². The lowest BCUT2D eigenvalue weighted by Crippen LogP contribution is -2.05. The summed E-state index contributed by atoms with van der Waals surface area (Å²) in [5.41, 5.74) is 1.75. The minimum absolute atomic E-state index is 0.0309. The third-order valence-electron chi connectivity index (χ3n) is 3.22. The van der Waals surface area contributed by atoms with E-state index in [4.69, 9.17) is 4.74 Å². The molecule has 0 aliphatic carbocycles. The number of nitro benzene ring substituents is 1. The van der Waals surface area contributed by atoms with E-state index in [0.717, 1.165) is 5.56 Å². The van der Waals surface area contributed by atoms with Gasteiger partial charge in [-0.25, -0.2) is 4.79 Å². The number of ether oxygens (including phenoxy) is 2. The van der Waals surface area contributed by atoms with Crippen LogP contribution in [0.2, 0.25) is 0 Å². The predicted molar refractivity (Wildman–Crippen MR) is 84.8 cm³/mol. The highest BCUT2D eigenvalue weighted by molar-refractivity contribution is 5.89. The lowest BCUT2D eigenvalue weighted by Gasteiger charge is -2.11. The summed E-state index contributed by atoms with van der Waals surface area (Å²) >= 11 is 0. The fourth-order valence-electron chi connectivity index (χ4n) is 2.07. The van der Waals surface area contributed by atoms with Crippen molar-refractivity contribution in [2.24, 2.45) is 0 Å². The van der Waals surface area contributed by atoms with Gasteiger partial charge in [0.25, 0.3) is 5.69 Å². The van der Waals surface area contributed by atoms with Crippen molar-refractivity contribution in [2.75, 3.05) is 19.5 Å². The quantitative estimate of drug-likeness (QED) is 0.500. The van der Waals surface area contributed by atoms with Gasteiger partial charge in [-0.05, 0) is 23.8 Å². The van der Waals surface area contributed by atoms with Crippen molar-refractivity contribution in [3.8, 4) is 5.75 Å². The Balaban J connectivity index is 2.18. The SMILES string of the molecule is COC(=O)c1cccc(CNc2cc([N+](=O)[O-])ccc2OC)c1. The molecule has 0 unspecified atom stereocenters. The number of nitro groups is 1. The molecule has 0 heterocycles. The van der Waals surface area contributed by atoms with Crippen molar-refractivity contribution < 1.29 is 19.2 Å². The molecule has 7 heteroatoms. The third-order valence-corrected chi connectivity index (χ3v) is 3.22. The molecule has 0 aliphatic heterocycles. The topological polar surface area (TPSA) is 90.7 Å². The Morgan fingerprint density at radius 1 is 1.22 bits per heavy atom. The molecule has 2 rings (SSSR count). The number of methoxy groups -OCH3 is 2. The standard InChI is InChI=1S/C16H16N2O5/c1-22-15-7-6-13(18(20)21)9-14(15)17-10-11-4-3-5-12(8-11)16(19)23-2/h3-9,17H,10H2,1-2H3. The summed E-state index contributed by atoms with van der Waals surface area (Å²) in [7, 11) is 2.81. The van der Waals surface area contributed by atoms with E-state index in [1.54, 1.807) is 18.2 Å². The van der Waals surface area contributed by atoms with E-state index in [9.17, 15) is 14.9 Å². The predicted octanol–water partition coefficient (Wildman–Crippen LogP) is 3.00. The maximum absolute atomic E-state index is 11.5. The van der Waals surface area contributed by atoms with Gasteiger partial charge in [0, 0.05) is 18.7 Å². The maximum Gasteiger partial charge on any atom is 0.337 e. The van der Waals surface area contributed by atoms with Crippen LogP contribution in [0.1, 0.15) is 15.9 Å². The van der Waals surface area contributed by atoms with E-state index in [1.165, 1.54) is 32.4 Å². The van der Waals surface area contributed by atoms with Crippen LogP contribution >= 0.6 is 0 Å². The molecule has 0 saturated carbocycles. The largest absolute Gasteiger partial charge is 0.495 e. The molecule has 0 atom stereocenters. The number of carbonyl (C=O) groups excluding carboxylic acids is 1. The van der Waals surface area contributed by atoms with E-state index in [1.807, 2.05) is 6.07 Å². The number of anilines is 1. The molecule has 0 amide bonds. The lowest BCUT2D eigenvalue weighted by molar-refractivity contribution is -0.384. The van der Waals surface area contributed by atoms with Crippen molar-refractivity contribution in [1.82, 2.24) is 0 Å². The number of hydrogen-bond donors (Lipinski definition) is 1. The van der Waals surface area contributed by atoms with Gasteiger partial charge in [-0.3, -0.25) is 10.1 Å². The number of hydrogen-bond acceptors (Lipinski definition) is 6. The molecule has 2 aromatic carbocycles. The van der Waals surface area contributed by atoms with Crippen LogP contribution in [0, 0.1) is 10.1 Å². The van der Waals surface area contributed by atoms with Crippen LogP contribution in [-0.2, 0) is 11.3 Å². The van der Waals surface area contributed by atoms with E-state index in [-0.39, 0.29) is 5.69 Å². The van der Waals surface area contributed by atoms with E-state index in [2.05, 4.69) is 10.1 Å². The zero-order valence-electron chi connectivity index (χ0n) is 12.7. The van der Waals surface area contributed by atoms with Gasteiger partial charge in [-0.15, -0.1) is 0 Å². The van der Waals surface area contributed by atoms with Crippen molar-refractivity contribution >= 4 is 17.3 Å². The highest BCUT2D eigenvalue weighted by Gasteiger charge is 2.11. The fourth-order valence-corrected chi connectivity index (χ4v) is 2.07. The van der Waals surface area contributed by atoms with Gasteiger partial charge in [-0.1, -0.05) is 12.1 Å². The van der Waals surface area contributed by atoms with Crippen LogP contribution in [0.3, 0.4) is 0 Å². The molecule has 0 fully saturated rings. The molecule has 0 bridgehead atoms. The number of rotatable bonds is 6. The van der Waals surface area contributed by atoms with Crippen molar-refractivity contribution in [3.05, 3.63) is 63.7 Å². The van der Waals surface area contributed by atoms with Gasteiger partial charge in [0.2, 0.25) is 0 Å². The maximum atomic E-state index is 11.5. The Bertz CT molecular complexity index is 730. The minimum Gasteiger partial charge on any atom is -0.495 e. The van der Waals surface area contributed by atoms with E-state index < -0.39 is 10.9 Å². The minimum atomic E-state index is -0.470. The monoisotopic (exact) mass is 316 g/mol. The number of nitrogens with one attached hydrogen (secondary N) is 1. The number of benzene rings is 2. The molecule has 0 spiro atoms. The highest BCUT2D eigenvalue weighted by Crippen LogP contribution is 2.29. The molecule has 0 aliphatic rings. The normalized spacial score (nSPS) is 10.0. The number of non-ortho nitro benzene ring substituents is 1. The number of esters is 1. The molecular weight excluding hydrogens is 300 g/mol. The van der Waals surface area contributed by atoms with E-state index >= 15 is 0 Å². The summed E-state index contributed by atoms with van der Waals surface area (Å²) in [6.45, 7) is 0.377. The smallest absolute Gasteiger partial charge is 0.337 e. The Morgan fingerprint density at radius 2 is 2.00 bits per heavy atom. The fraction of sp³-hybridized carbons (Fsp3) is 0.188. The summed E-state index contributed by atoms with van der Waals surface area (Å²) in [6.07, 6.45) is 0. The second-order valence-corrected chi connectivity index (χ2v) is 4.69. The van der Waals surface area contributed by atoms with Crippen molar-refractivity contribution in [1.29, 1.82) is 0 Å². The first-order valence-electron chi connectivity index (χ1n) is 6.78. The summed E-state index contributed by atoms with van der Waals surface area (Å²) in [5, 5.41) is 13.9. The van der Waals surface area contributed by atoms with Crippen molar-refractivity contribution in [2.45, 2.75) is 6.54 Å². The molecule has 2 aromatic rings. The molecule has 120 valence electrons. The first-order chi connectivity index (χ1) is 11.0. The van der Waals surface area contributed by atoms with Crippen LogP contribution < -0.4 is 10.1 Å². The molecule has 23 heavy (non-hydrogen) atoms. The first kappa shape index (κ1) is 16.3. The Labute approximate surface area is 133 Å². The number of carbonyl (C=O) groups is 1. The second-order valence-electron chi connectivity index (χ2n) is 4.69. The highest BCUT2D eigenvalue weighted by atomic mass is 16.6. The molecule has 7 nitrogen and oxygen atoms in total. The van der Waals surface area contributed by atoms with Crippen LogP contribution in [0.15, 0.2) is 42.5 Å². The zero-order chi connectivity index (χ0) is 16.8. The molecule has 0 radical (unpaired) electrons. The summed E-state index contributed by atoms with van der Waals surface area (Å²) in [5.74, 6) is 0.0829.